The predicted octanol–water partition coefficient (Wildman–Crippen LogP) is 6.19. The van der Waals surface area contributed by atoms with Gasteiger partial charge in [0.15, 0.2) is 11.6 Å². The standard InChI is InChI=1S/C23H30N8O.C19H17BrF2N2O3/c1-29(2)22(32)19-13-16-14-26-23(28-21(16)31(19)17-5-3-4-6-17)27-20-8-7-18(15-25-20)30-11-9-24-10-12-30;1-24-10-23-19-16(24)8-13(17(26)9-27-5-4-25)14(18(19)22)6-11-2-3-12(20)7-15(11)21/h7-8,13-15,17,24H,3-6,9-12H2,1-2H3,(H,25,26,27,28);2-3,7-8,10,25H,4-6,9H2,1H3. The maximum Gasteiger partial charge on any atom is 0.270 e. The molecule has 0 radical (unpaired) electrons. The number of fused-ring (bicyclic) bond motifs is 2. The number of pyridine rings is 1. The van der Waals surface area contributed by atoms with E-state index in [9.17, 15) is 14.0 Å². The summed E-state index contributed by atoms with van der Waals surface area (Å²) < 4.78 is 38.8. The van der Waals surface area contributed by atoms with Gasteiger partial charge in [-0.15, -0.1) is 0 Å². The molecule has 3 N–H and O–H groups in total. The molecule has 2 aliphatic rings. The van der Waals surface area contributed by atoms with E-state index in [0.717, 1.165) is 55.7 Å². The van der Waals surface area contributed by atoms with Crippen molar-refractivity contribution in [2.45, 2.75) is 38.1 Å². The summed E-state index contributed by atoms with van der Waals surface area (Å²) in [5.41, 5.74) is 3.63. The van der Waals surface area contributed by atoms with E-state index in [-0.39, 0.29) is 54.4 Å². The van der Waals surface area contributed by atoms with Gasteiger partial charge in [0.25, 0.3) is 5.91 Å². The molecule has 1 amide bonds. The number of nitrogens with one attached hydrogen (secondary N) is 2. The first-order chi connectivity index (χ1) is 28.5. The zero-order chi connectivity index (χ0) is 41.6. The lowest BCUT2D eigenvalue weighted by atomic mass is 9.95. The molecule has 6 aromatic rings. The number of carbonyl (C=O) groups excluding carboxylic acids is 2. The summed E-state index contributed by atoms with van der Waals surface area (Å²) >= 11 is 3.19. The first kappa shape index (κ1) is 41.8. The molecule has 0 atom stereocenters. The Bertz CT molecular complexity index is 2440. The highest BCUT2D eigenvalue weighted by molar-refractivity contribution is 9.10. The van der Waals surface area contributed by atoms with E-state index in [1.54, 1.807) is 48.9 Å². The molecule has 5 heterocycles. The van der Waals surface area contributed by atoms with E-state index >= 15 is 4.39 Å². The second-order valence-electron chi connectivity index (χ2n) is 14.8. The van der Waals surface area contributed by atoms with Gasteiger partial charge < -0.3 is 39.4 Å². The van der Waals surface area contributed by atoms with Crippen LogP contribution in [0.2, 0.25) is 0 Å². The molecule has 17 heteroatoms. The summed E-state index contributed by atoms with van der Waals surface area (Å²) in [6.45, 7) is 3.43. The summed E-state index contributed by atoms with van der Waals surface area (Å²) in [6, 6.07) is 12.3. The van der Waals surface area contributed by atoms with E-state index in [1.165, 1.54) is 31.3 Å². The largest absolute Gasteiger partial charge is 0.394 e. The molecule has 8 rings (SSSR count). The van der Waals surface area contributed by atoms with Crippen LogP contribution < -0.4 is 15.5 Å². The number of ether oxygens (including phenoxy) is 1. The van der Waals surface area contributed by atoms with E-state index < -0.39 is 17.4 Å². The third kappa shape index (κ3) is 9.43. The lowest BCUT2D eigenvalue weighted by Gasteiger charge is -2.29. The van der Waals surface area contributed by atoms with Crippen molar-refractivity contribution in [2.75, 3.05) is 70.3 Å². The van der Waals surface area contributed by atoms with Crippen LogP contribution in [-0.4, -0.2) is 111 Å². The number of ketones is 1. The maximum absolute atomic E-state index is 15.1. The normalized spacial score (nSPS) is 14.5. The molecule has 1 saturated carbocycles. The van der Waals surface area contributed by atoms with Gasteiger partial charge in [-0.25, -0.2) is 23.7 Å². The number of hydrogen-bond donors (Lipinski definition) is 3. The van der Waals surface area contributed by atoms with E-state index in [0.29, 0.717) is 33.5 Å². The molecule has 310 valence electrons. The van der Waals surface area contributed by atoms with E-state index in [1.807, 2.05) is 18.3 Å². The van der Waals surface area contributed by atoms with Gasteiger partial charge in [0.1, 0.15) is 35.1 Å². The molecule has 2 fully saturated rings. The minimum atomic E-state index is -0.652. The lowest BCUT2D eigenvalue weighted by molar-refractivity contribution is 0.0662. The van der Waals surface area contributed by atoms with Gasteiger partial charge in [-0.2, -0.15) is 4.98 Å². The van der Waals surface area contributed by atoms with Crippen LogP contribution in [0.15, 0.2) is 65.7 Å². The number of aliphatic hydroxyl groups excluding tert-OH is 1. The minimum Gasteiger partial charge on any atom is -0.394 e. The van der Waals surface area contributed by atoms with Crippen LogP contribution in [0.4, 0.5) is 26.2 Å². The van der Waals surface area contributed by atoms with Crippen LogP contribution in [0.5, 0.6) is 0 Å². The number of imidazole rings is 1. The fourth-order valence-electron chi connectivity index (χ4n) is 7.53. The summed E-state index contributed by atoms with van der Waals surface area (Å²) in [7, 11) is 5.26. The Kier molecular flexibility index (Phi) is 13.2. The summed E-state index contributed by atoms with van der Waals surface area (Å²) in [4.78, 5) is 47.3. The van der Waals surface area contributed by atoms with Gasteiger partial charge in [-0.1, -0.05) is 34.8 Å². The molecular formula is C42H47BrF2N10O4. The monoisotopic (exact) mass is 872 g/mol. The zero-order valence-corrected chi connectivity index (χ0v) is 34.8. The van der Waals surface area contributed by atoms with E-state index in [2.05, 4.69) is 57.0 Å². The summed E-state index contributed by atoms with van der Waals surface area (Å²) in [5, 5.41) is 16.3. The number of piperazine rings is 1. The third-order valence-electron chi connectivity index (χ3n) is 10.6. The molecule has 1 saturated heterocycles. The molecule has 0 bridgehead atoms. The molecule has 1 aliphatic carbocycles. The quantitative estimate of drug-likeness (QED) is 0.0953. The average Bonchev–Trinajstić information content (AvgIpc) is 3.99. The molecule has 2 aromatic carbocycles. The van der Waals surface area contributed by atoms with Crippen molar-refractivity contribution in [3.8, 4) is 0 Å². The Morgan fingerprint density at radius 1 is 1.03 bits per heavy atom. The number of amides is 1. The first-order valence-corrected chi connectivity index (χ1v) is 20.4. The van der Waals surface area contributed by atoms with Gasteiger partial charge in [-0.3, -0.25) is 9.59 Å². The molecule has 0 unspecified atom stereocenters. The zero-order valence-electron chi connectivity index (χ0n) is 33.2. The van der Waals surface area contributed by atoms with Crippen molar-refractivity contribution < 1.29 is 28.2 Å². The second-order valence-corrected chi connectivity index (χ2v) is 15.7. The number of Topliss-reactive ketones (excluding diaryl/α,β-unsaturated/α-hetero) is 1. The van der Waals surface area contributed by atoms with Crippen LogP contribution in [0.25, 0.3) is 22.1 Å². The third-order valence-corrected chi connectivity index (χ3v) is 11.1. The number of anilines is 3. The number of carbonyl (C=O) groups is 2. The Morgan fingerprint density at radius 3 is 2.51 bits per heavy atom. The number of aliphatic hydroxyl groups is 1. The second kappa shape index (κ2) is 18.7. The van der Waals surface area contributed by atoms with Crippen molar-refractivity contribution in [2.24, 2.45) is 7.05 Å². The fraction of sp³-hybridized carbons (Fsp3) is 0.381. The highest BCUT2D eigenvalue weighted by atomic mass is 79.9. The number of nitrogens with zero attached hydrogens (tertiary/aromatic N) is 8. The molecule has 14 nitrogen and oxygen atoms in total. The highest BCUT2D eigenvalue weighted by Crippen LogP contribution is 2.35. The Labute approximate surface area is 348 Å². The van der Waals surface area contributed by atoms with Crippen molar-refractivity contribution in [1.29, 1.82) is 0 Å². The fourth-order valence-corrected chi connectivity index (χ4v) is 7.86. The van der Waals surface area contributed by atoms with Gasteiger partial charge in [0, 0.05) is 87.0 Å². The molecule has 1 aliphatic heterocycles. The van der Waals surface area contributed by atoms with E-state index in [4.69, 9.17) is 14.8 Å². The number of hydrogen-bond acceptors (Lipinski definition) is 11. The van der Waals surface area contributed by atoms with Crippen molar-refractivity contribution in [3.63, 3.8) is 0 Å². The average molecular weight is 874 g/mol. The predicted molar refractivity (Wildman–Crippen MR) is 225 cm³/mol. The SMILES string of the molecule is CN(C)C(=O)c1cc2cnc(Nc3ccc(N4CCNCC4)cn3)nc2n1C1CCCC1.Cn1cnc2c(F)c(Cc3ccc(Br)cc3F)c(C(=O)COCCO)cc21. The molecule has 4 aromatic heterocycles. The van der Waals surface area contributed by atoms with Gasteiger partial charge >= 0.3 is 0 Å². The number of aryl methyl sites for hydroxylation is 1. The number of rotatable bonds is 12. The van der Waals surface area contributed by atoms with Crippen LogP contribution in [0.3, 0.4) is 0 Å². The highest BCUT2D eigenvalue weighted by Gasteiger charge is 2.27. The lowest BCUT2D eigenvalue weighted by Crippen LogP contribution is -2.43. The molecule has 59 heavy (non-hydrogen) atoms. The van der Waals surface area contributed by atoms with Crippen molar-refractivity contribution in [1.82, 2.24) is 39.3 Å². The molecular weight excluding hydrogens is 826 g/mol. The summed E-state index contributed by atoms with van der Waals surface area (Å²) in [6.07, 6.45) is 9.53. The van der Waals surface area contributed by atoms with Crippen LogP contribution in [0, 0.1) is 11.6 Å². The number of aromatic nitrogens is 6. The Hall–Kier alpha value is -5.36. The van der Waals surface area contributed by atoms with Gasteiger partial charge in [-0.05, 0) is 54.8 Å². The summed E-state index contributed by atoms with van der Waals surface area (Å²) in [5.74, 6) is -0.416. The number of halogens is 3. The topological polar surface area (TPSA) is 156 Å². The van der Waals surface area contributed by atoms with Gasteiger partial charge in [0.05, 0.1) is 36.9 Å². The molecule has 0 spiro atoms. The maximum atomic E-state index is 15.1. The van der Waals surface area contributed by atoms with Crippen LogP contribution in [0.1, 0.15) is 63.7 Å². The van der Waals surface area contributed by atoms with Crippen molar-refractivity contribution in [3.05, 3.63) is 99.7 Å². The minimum absolute atomic E-state index is 0.00114. The Balaban J connectivity index is 0.000000182. The smallest absolute Gasteiger partial charge is 0.270 e. The first-order valence-electron chi connectivity index (χ1n) is 19.6. The number of benzene rings is 2. The van der Waals surface area contributed by atoms with Gasteiger partial charge in [0.2, 0.25) is 5.95 Å². The van der Waals surface area contributed by atoms with Crippen LogP contribution in [-0.2, 0) is 18.2 Å². The van der Waals surface area contributed by atoms with Crippen molar-refractivity contribution >= 4 is 67.1 Å². The van der Waals surface area contributed by atoms with Crippen LogP contribution >= 0.6 is 15.9 Å². The Morgan fingerprint density at radius 2 is 1.81 bits per heavy atom.